The zero-order chi connectivity index (χ0) is 104. The van der Waals surface area contributed by atoms with Crippen molar-refractivity contribution in [3.05, 3.63) is 270 Å². The Bertz CT molecular complexity index is 6540. The summed E-state index contributed by atoms with van der Waals surface area (Å²) < 4.78 is 47.6. The molecule has 0 spiro atoms. The molecule has 8 aromatic carbocycles. The number of aliphatic hydroxyl groups is 1. The minimum absolute atomic E-state index is 0.000946. The van der Waals surface area contributed by atoms with Crippen molar-refractivity contribution in [2.24, 2.45) is 5.73 Å². The number of carbonyl (C=O) groups excluding carboxylic acids is 16. The molecule has 0 unspecified atom stereocenters. The highest BCUT2D eigenvalue weighted by Gasteiger charge is 2.44. The predicted octanol–water partition coefficient (Wildman–Crippen LogP) is 9.74. The number of morpholine rings is 5. The summed E-state index contributed by atoms with van der Waals surface area (Å²) in [7, 11) is 0. The van der Waals surface area contributed by atoms with Crippen molar-refractivity contribution in [3.8, 4) is 0 Å². The first kappa shape index (κ1) is 106. The lowest BCUT2D eigenvalue weighted by molar-refractivity contribution is -0.126. The first-order chi connectivity index (χ1) is 71.5. The lowest BCUT2D eigenvalue weighted by Gasteiger charge is -2.27. The van der Waals surface area contributed by atoms with Crippen molar-refractivity contribution in [2.45, 2.75) is 30.5 Å². The number of aliphatic hydroxyl groups excluding tert-OH is 1. The quantitative estimate of drug-likeness (QED) is 0.0138. The van der Waals surface area contributed by atoms with Gasteiger partial charge in [0.05, 0.1) is 149 Å². The molecule has 2 aromatic heterocycles. The number of carbonyl (C=O) groups is 16. The van der Waals surface area contributed by atoms with Gasteiger partial charge in [-0.3, -0.25) is 91.7 Å². The molecule has 0 aliphatic carbocycles. The van der Waals surface area contributed by atoms with E-state index >= 15 is 0 Å². The molecule has 5 atom stereocenters. The van der Waals surface area contributed by atoms with Crippen LogP contribution in [0.1, 0.15) is 81.5 Å². The fraction of sp³-hybridized carbons (Fsp3) is 0.294. The van der Waals surface area contributed by atoms with Crippen LogP contribution in [0.3, 0.4) is 0 Å². The molecule has 7 N–H and O–H groups in total. The van der Waals surface area contributed by atoms with E-state index in [1.807, 2.05) is 48.5 Å². The Hall–Kier alpha value is -15.0. The lowest BCUT2D eigenvalue weighted by atomic mass is 10.1. The average molecular weight is 2120 g/mol. The standard InChI is InChI=1S/C22H19N3O6.C21H21N3O5.C19H18ClN3O5S.C14H17N3O4.C11H9NO3.C10H12N2O2.C5H2Cl2OS/c26-19-13-30-10-9-23(19)14-5-7-15(8-6-14)24-11-16(31-22(24)29)12-25-20(27)17-3-1-2-4-18(17)21(25)28;25-16(12-24-20(27)17-3-1-2-4-18(17)21(24)28)11-22-14-5-7-15(8-6-14)23-9-10-29-13-19(23)26;20-16-6-5-15(29-16)18(25)21-9-14-10-23(19(26)28-14)13-3-1-12(2-4-13)22-7-8-27-11-17(22)24;15-7-12-8-17(14(19)21-12)11-3-1-10(2-4-11)16-5-6-20-9-13(16)18;13-10-8-3-1-2-4-9(8)11(14)12(10)5-7-6-15-7;11-8-1-3-9(4-2-8)12-5-6-14-7-10(12)13;6-4-2-1-3(9-4)5(7)8/h1-8,16H,9-13H2;1-8,16,22,25H,9-13H2;1-6,14H,7-11H2,(H,21,25);1-4,12H,5-9,15H2;1-4,7H,5-6H2;1-4H,5-7,11H2;1-2H/t2*16-;14-;12-;7-;;/m11000../s1. The average Bonchev–Trinajstić information content (AvgIpc) is 1.62. The zero-order valence-electron chi connectivity index (χ0n) is 79.0. The number of hydrogen-bond donors (Lipinski definition) is 5. The molecule has 9 fully saturated rings. The van der Waals surface area contributed by atoms with E-state index in [1.54, 1.807) is 199 Å². The third kappa shape index (κ3) is 26.0. The van der Waals surface area contributed by atoms with Crippen molar-refractivity contribution < 1.29 is 124 Å². The SMILES string of the molecule is NC[C@H]1CN(c2ccc(N3CCOCC3=O)cc2)C(=O)O1.Nc1ccc(N2CCOCC2=O)cc1.O=C(Cl)c1ccc(Cl)s1.O=C(NC[C@H]1CN(c2ccc(N3CCOCC3=O)cc2)C(=O)O1)c1ccc(Cl)s1.O=C1c2ccccc2C(=O)N1C[C@H](O)CNc1ccc(N2CCOCC2=O)cc1.O=C1c2ccccc2C(=O)N1C[C@H]1CN(c2ccc(N3CCOCC3=O)cc2)C(=O)O1.O=C1c2ccccc2C(=O)N1C[C@H]1CO1. The summed E-state index contributed by atoms with van der Waals surface area (Å²) in [5.41, 5.74) is 21.0. The molecule has 15 amide bonds. The van der Waals surface area contributed by atoms with Gasteiger partial charge in [-0.05, 0) is 194 Å². The van der Waals surface area contributed by atoms with Crippen LogP contribution < -0.4 is 61.3 Å². The Morgan fingerprint density at radius 1 is 0.372 bits per heavy atom. The number of hydrogen-bond acceptors (Lipinski definition) is 31. The number of halogens is 3. The van der Waals surface area contributed by atoms with Crippen molar-refractivity contribution in [2.75, 3.05) is 215 Å². The molecule has 12 aliphatic rings. The molecular weight excluding hydrogens is 2020 g/mol. The minimum atomic E-state index is -0.919. The van der Waals surface area contributed by atoms with Crippen LogP contribution >= 0.6 is 57.5 Å². The first-order valence-corrected chi connectivity index (χ1v) is 49.5. The number of ether oxygens (including phenoxy) is 9. The number of nitrogen functional groups attached to an aromatic ring is 1. The summed E-state index contributed by atoms with van der Waals surface area (Å²) >= 11 is 18.9. The van der Waals surface area contributed by atoms with Crippen molar-refractivity contribution in [1.29, 1.82) is 0 Å². The summed E-state index contributed by atoms with van der Waals surface area (Å²) in [6.07, 6.45) is -3.63. The third-order valence-electron chi connectivity index (χ3n) is 24.4. The fourth-order valence-electron chi connectivity index (χ4n) is 16.8. The molecule has 46 heteroatoms. The highest BCUT2D eigenvalue weighted by atomic mass is 35.5. The summed E-state index contributed by atoms with van der Waals surface area (Å²) in [4.78, 5) is 209. The number of thiophene rings is 2. The van der Waals surface area contributed by atoms with Gasteiger partial charge in [0.15, 0.2) is 0 Å². The fourth-order valence-corrected chi connectivity index (χ4v) is 18.8. The summed E-state index contributed by atoms with van der Waals surface area (Å²) in [6, 6.07) is 62.7. The Labute approximate surface area is 868 Å². The predicted molar refractivity (Wildman–Crippen MR) is 545 cm³/mol. The van der Waals surface area contributed by atoms with Crippen LogP contribution in [0.4, 0.5) is 71.3 Å². The van der Waals surface area contributed by atoms with Crippen LogP contribution in [0.5, 0.6) is 0 Å². The second-order valence-corrected chi connectivity index (χ2v) is 38.0. The molecule has 14 heterocycles. The molecule has 41 nitrogen and oxygen atoms in total. The third-order valence-corrected chi connectivity index (χ3v) is 27.2. The molecule has 0 radical (unpaired) electrons. The Balaban J connectivity index is 0.000000127. The topological polar surface area (TPSA) is 491 Å². The Morgan fingerprint density at radius 2 is 0.662 bits per heavy atom. The molecular formula is C102H98Cl3N15O26S2. The second kappa shape index (κ2) is 49.0. The van der Waals surface area contributed by atoms with Crippen LogP contribution in [0, 0.1) is 0 Å². The molecule has 770 valence electrons. The number of cyclic esters (lactones) is 3. The van der Waals surface area contributed by atoms with Crippen LogP contribution in [0.15, 0.2) is 218 Å². The van der Waals surface area contributed by atoms with Gasteiger partial charge < -0.3 is 94.3 Å². The maximum Gasteiger partial charge on any atom is 0.414 e. The van der Waals surface area contributed by atoms with E-state index in [0.717, 1.165) is 49.6 Å². The van der Waals surface area contributed by atoms with Crippen molar-refractivity contribution in [1.82, 2.24) is 20.0 Å². The summed E-state index contributed by atoms with van der Waals surface area (Å²) in [5, 5.41) is 15.7. The number of nitrogens with one attached hydrogen (secondary N) is 2. The number of fused-ring (bicyclic) bond motifs is 3. The molecule has 10 aromatic rings. The van der Waals surface area contributed by atoms with Gasteiger partial charge in [0.2, 0.25) is 0 Å². The molecule has 148 heavy (non-hydrogen) atoms. The maximum absolute atomic E-state index is 12.6. The number of amides is 15. The van der Waals surface area contributed by atoms with Gasteiger partial charge in [0.25, 0.3) is 76.1 Å². The number of imide groups is 3. The number of anilines is 10. The van der Waals surface area contributed by atoms with Gasteiger partial charge in [-0.1, -0.05) is 59.6 Å². The second-order valence-electron chi connectivity index (χ2n) is 34.2. The van der Waals surface area contributed by atoms with E-state index in [2.05, 4.69) is 10.6 Å². The Morgan fingerprint density at radius 3 is 0.966 bits per heavy atom. The van der Waals surface area contributed by atoms with E-state index < -0.39 is 35.7 Å². The molecule has 0 saturated carbocycles. The summed E-state index contributed by atoms with van der Waals surface area (Å²) in [6.45, 7) is 8.36. The lowest BCUT2D eigenvalue weighted by Crippen LogP contribution is -2.41. The molecule has 9 saturated heterocycles. The number of rotatable bonds is 22. The highest BCUT2D eigenvalue weighted by molar-refractivity contribution is 7.19. The van der Waals surface area contributed by atoms with Gasteiger partial charge in [0, 0.05) is 103 Å². The smallest absolute Gasteiger partial charge is 0.414 e. The van der Waals surface area contributed by atoms with E-state index in [-0.39, 0.29) is 155 Å². The molecule has 12 aliphatic heterocycles. The van der Waals surface area contributed by atoms with E-state index in [1.165, 1.54) is 37.4 Å². The van der Waals surface area contributed by atoms with E-state index in [0.29, 0.717) is 167 Å². The monoisotopic (exact) mass is 2120 g/mol. The van der Waals surface area contributed by atoms with E-state index in [4.69, 9.17) is 88.9 Å². The zero-order valence-corrected chi connectivity index (χ0v) is 82.9. The highest BCUT2D eigenvalue weighted by Crippen LogP contribution is 2.35. The van der Waals surface area contributed by atoms with Gasteiger partial charge in [-0.2, -0.15) is 0 Å². The number of β-amino-alcohol motifs (C(OH)–C–C–N with tert-alkyl or cyclic N) is 1. The van der Waals surface area contributed by atoms with Crippen molar-refractivity contribution >= 4 is 209 Å². The van der Waals surface area contributed by atoms with Gasteiger partial charge in [-0.15, -0.1) is 22.7 Å². The molecule has 22 rings (SSSR count). The first-order valence-electron chi connectivity index (χ1n) is 46.7. The summed E-state index contributed by atoms with van der Waals surface area (Å²) in [5.74, 6) is -2.52. The normalized spacial score (nSPS) is 19.4. The van der Waals surface area contributed by atoms with Gasteiger partial charge in [-0.25, -0.2) is 14.4 Å². The van der Waals surface area contributed by atoms with Gasteiger partial charge >= 0.3 is 18.3 Å². The van der Waals surface area contributed by atoms with Crippen molar-refractivity contribution in [3.63, 3.8) is 0 Å². The van der Waals surface area contributed by atoms with Crippen LogP contribution in [-0.2, 0) is 66.6 Å². The minimum Gasteiger partial charge on any atom is -0.443 e. The number of nitrogens with two attached hydrogens (primary N) is 2. The number of nitrogens with zero attached hydrogens (tertiary/aromatic N) is 11. The van der Waals surface area contributed by atoms with E-state index in [9.17, 15) is 81.8 Å². The van der Waals surface area contributed by atoms with Crippen LogP contribution in [0.25, 0.3) is 0 Å². The number of epoxide rings is 1. The van der Waals surface area contributed by atoms with Crippen LogP contribution in [0.2, 0.25) is 8.67 Å². The molecule has 0 bridgehead atoms. The largest absolute Gasteiger partial charge is 0.443 e. The van der Waals surface area contributed by atoms with Gasteiger partial charge in [0.1, 0.15) is 51.3 Å². The maximum atomic E-state index is 12.6. The Kier molecular flexibility index (Phi) is 35.1. The number of benzene rings is 8. The van der Waals surface area contributed by atoms with Crippen LogP contribution in [-0.4, -0.2) is 309 Å².